The van der Waals surface area contributed by atoms with Crippen molar-refractivity contribution in [1.29, 1.82) is 0 Å². The van der Waals surface area contributed by atoms with Crippen molar-refractivity contribution in [2.75, 3.05) is 0 Å². The molecule has 3 rings (SSSR count). The monoisotopic (exact) mass is 322 g/mol. The molecule has 0 saturated heterocycles. The molecular weight excluding hydrogens is 315 g/mol. The lowest BCUT2D eigenvalue weighted by molar-refractivity contribution is 1.46. The lowest BCUT2D eigenvalue weighted by Crippen LogP contribution is -1.83. The number of aliphatic imine (C=N–C) groups is 1. The van der Waals surface area contributed by atoms with Crippen LogP contribution in [0.15, 0.2) is 47.6 Å². The third-order valence-corrected chi connectivity index (χ3v) is 3.73. The summed E-state index contributed by atoms with van der Waals surface area (Å²) in [5.41, 5.74) is 2.51. The quantitative estimate of drug-likeness (QED) is 0.571. The van der Waals surface area contributed by atoms with Crippen LogP contribution in [0.2, 0.25) is 15.1 Å². The third-order valence-electron chi connectivity index (χ3n) is 2.93. The Morgan fingerprint density at radius 3 is 2.50 bits per heavy atom. The van der Waals surface area contributed by atoms with E-state index < -0.39 is 0 Å². The van der Waals surface area contributed by atoms with Gasteiger partial charge in [0.05, 0.1) is 15.6 Å². The summed E-state index contributed by atoms with van der Waals surface area (Å²) in [5, 5.41) is 2.47. The fourth-order valence-electron chi connectivity index (χ4n) is 2.01. The highest BCUT2D eigenvalue weighted by Crippen LogP contribution is 2.36. The van der Waals surface area contributed by atoms with Crippen LogP contribution in [0.5, 0.6) is 0 Å². The summed E-state index contributed by atoms with van der Waals surface area (Å²) in [4.78, 5) is 7.56. The van der Waals surface area contributed by atoms with Gasteiger partial charge in [0.15, 0.2) is 0 Å². The number of benzene rings is 2. The molecule has 0 aliphatic carbocycles. The standard InChI is InChI=1S/C15H9Cl3N2/c16-11-6-12(17)15(13(18)7-11)20-8-10-3-1-2-9-4-5-19-14(9)10/h1-8,19H. The smallest absolute Gasteiger partial charge is 0.100 e. The third kappa shape index (κ3) is 2.55. The van der Waals surface area contributed by atoms with Crippen molar-refractivity contribution in [3.8, 4) is 0 Å². The van der Waals surface area contributed by atoms with Gasteiger partial charge < -0.3 is 4.98 Å². The fourth-order valence-corrected chi connectivity index (χ4v) is 2.92. The number of H-pyrrole nitrogens is 1. The van der Waals surface area contributed by atoms with Crippen LogP contribution in [0.3, 0.4) is 0 Å². The first kappa shape index (κ1) is 13.5. The van der Waals surface area contributed by atoms with E-state index >= 15 is 0 Å². The normalized spacial score (nSPS) is 11.6. The van der Waals surface area contributed by atoms with Crippen molar-refractivity contribution in [1.82, 2.24) is 4.98 Å². The lowest BCUT2D eigenvalue weighted by atomic mass is 10.1. The van der Waals surface area contributed by atoms with E-state index in [2.05, 4.69) is 9.98 Å². The zero-order valence-corrected chi connectivity index (χ0v) is 12.5. The predicted molar refractivity (Wildman–Crippen MR) is 87.0 cm³/mol. The minimum Gasteiger partial charge on any atom is -0.361 e. The largest absolute Gasteiger partial charge is 0.361 e. The molecule has 0 saturated carbocycles. The molecule has 0 aliphatic heterocycles. The second kappa shape index (κ2) is 5.49. The number of hydrogen-bond acceptors (Lipinski definition) is 1. The highest BCUT2D eigenvalue weighted by atomic mass is 35.5. The van der Waals surface area contributed by atoms with E-state index in [1.54, 1.807) is 18.3 Å². The number of nitrogens with one attached hydrogen (secondary N) is 1. The highest BCUT2D eigenvalue weighted by molar-refractivity contribution is 6.41. The summed E-state index contributed by atoms with van der Waals surface area (Å²) < 4.78 is 0. The number of halogens is 3. The number of fused-ring (bicyclic) bond motifs is 1. The number of aromatic nitrogens is 1. The fraction of sp³-hybridized carbons (Fsp3) is 0. The van der Waals surface area contributed by atoms with E-state index in [0.717, 1.165) is 16.5 Å². The Morgan fingerprint density at radius 1 is 1.00 bits per heavy atom. The maximum absolute atomic E-state index is 6.11. The second-order valence-corrected chi connectivity index (χ2v) is 5.52. The molecule has 100 valence electrons. The van der Waals surface area contributed by atoms with Crippen LogP contribution in [0, 0.1) is 0 Å². The van der Waals surface area contributed by atoms with Crippen molar-refractivity contribution >= 4 is 57.6 Å². The molecule has 0 atom stereocenters. The molecule has 1 heterocycles. The summed E-state index contributed by atoms with van der Waals surface area (Å²) in [6.45, 7) is 0. The van der Waals surface area contributed by atoms with Crippen LogP contribution in [0.4, 0.5) is 5.69 Å². The van der Waals surface area contributed by atoms with Gasteiger partial charge in [-0.1, -0.05) is 53.0 Å². The molecule has 20 heavy (non-hydrogen) atoms. The molecule has 0 amide bonds. The molecule has 0 spiro atoms. The molecule has 0 radical (unpaired) electrons. The van der Waals surface area contributed by atoms with E-state index in [1.807, 2.05) is 30.5 Å². The van der Waals surface area contributed by atoms with Crippen LogP contribution < -0.4 is 0 Å². The number of hydrogen-bond donors (Lipinski definition) is 1. The molecule has 0 bridgehead atoms. The summed E-state index contributed by atoms with van der Waals surface area (Å²) in [5.74, 6) is 0. The van der Waals surface area contributed by atoms with Crippen molar-refractivity contribution < 1.29 is 0 Å². The molecule has 3 aromatic rings. The first-order chi connectivity index (χ1) is 9.65. The zero-order chi connectivity index (χ0) is 14.1. The van der Waals surface area contributed by atoms with Gasteiger partial charge in [-0.15, -0.1) is 0 Å². The Hall–Kier alpha value is -1.48. The Labute approximate surface area is 131 Å². The summed E-state index contributed by atoms with van der Waals surface area (Å²) >= 11 is 18.1. The van der Waals surface area contributed by atoms with E-state index in [0.29, 0.717) is 20.8 Å². The molecule has 1 N–H and O–H groups in total. The van der Waals surface area contributed by atoms with Crippen molar-refractivity contribution in [3.63, 3.8) is 0 Å². The lowest BCUT2D eigenvalue weighted by Gasteiger charge is -2.02. The number of rotatable bonds is 2. The van der Waals surface area contributed by atoms with E-state index in [4.69, 9.17) is 34.8 Å². The molecule has 0 fully saturated rings. The van der Waals surface area contributed by atoms with Crippen LogP contribution in [-0.2, 0) is 0 Å². The van der Waals surface area contributed by atoms with Gasteiger partial charge in [-0.25, -0.2) is 0 Å². The molecule has 0 unspecified atom stereocenters. The van der Waals surface area contributed by atoms with Gasteiger partial charge in [0.2, 0.25) is 0 Å². The summed E-state index contributed by atoms with van der Waals surface area (Å²) in [6, 6.07) is 11.2. The Bertz CT molecular complexity index is 783. The average molecular weight is 324 g/mol. The molecular formula is C15H9Cl3N2. The summed E-state index contributed by atoms with van der Waals surface area (Å²) in [6.07, 6.45) is 3.63. The number of aromatic amines is 1. The highest BCUT2D eigenvalue weighted by Gasteiger charge is 2.06. The molecule has 5 heteroatoms. The van der Waals surface area contributed by atoms with Gasteiger partial charge in [-0.3, -0.25) is 4.99 Å². The van der Waals surface area contributed by atoms with Gasteiger partial charge in [-0.05, 0) is 18.2 Å². The Balaban J connectivity index is 2.05. The molecule has 2 nitrogen and oxygen atoms in total. The van der Waals surface area contributed by atoms with Gasteiger partial charge in [0, 0.05) is 28.4 Å². The summed E-state index contributed by atoms with van der Waals surface area (Å²) in [7, 11) is 0. The van der Waals surface area contributed by atoms with Crippen molar-refractivity contribution in [2.45, 2.75) is 0 Å². The maximum atomic E-state index is 6.11. The first-order valence-electron chi connectivity index (χ1n) is 5.90. The van der Waals surface area contributed by atoms with Gasteiger partial charge >= 0.3 is 0 Å². The molecule has 1 aromatic heterocycles. The topological polar surface area (TPSA) is 28.1 Å². The number of nitrogens with zero attached hydrogens (tertiary/aromatic N) is 1. The van der Waals surface area contributed by atoms with Gasteiger partial charge in [-0.2, -0.15) is 0 Å². The SMILES string of the molecule is Clc1cc(Cl)c(N=Cc2cccc3cc[nH]c23)c(Cl)c1. The second-order valence-electron chi connectivity index (χ2n) is 4.27. The van der Waals surface area contributed by atoms with Gasteiger partial charge in [0.1, 0.15) is 5.69 Å². The zero-order valence-electron chi connectivity index (χ0n) is 10.2. The van der Waals surface area contributed by atoms with E-state index in [-0.39, 0.29) is 0 Å². The van der Waals surface area contributed by atoms with E-state index in [9.17, 15) is 0 Å². The first-order valence-corrected chi connectivity index (χ1v) is 7.03. The van der Waals surface area contributed by atoms with Crippen LogP contribution in [-0.4, -0.2) is 11.2 Å². The molecule has 0 aliphatic rings. The Kier molecular flexibility index (Phi) is 3.70. The van der Waals surface area contributed by atoms with Crippen LogP contribution >= 0.6 is 34.8 Å². The Morgan fingerprint density at radius 2 is 1.75 bits per heavy atom. The maximum Gasteiger partial charge on any atom is 0.100 e. The average Bonchev–Trinajstić information content (AvgIpc) is 2.86. The number of para-hydroxylation sites is 1. The minimum absolute atomic E-state index is 0.428. The van der Waals surface area contributed by atoms with E-state index in [1.165, 1.54) is 0 Å². The van der Waals surface area contributed by atoms with Crippen LogP contribution in [0.25, 0.3) is 10.9 Å². The minimum atomic E-state index is 0.428. The van der Waals surface area contributed by atoms with Gasteiger partial charge in [0.25, 0.3) is 0 Å². The van der Waals surface area contributed by atoms with Crippen molar-refractivity contribution in [3.05, 3.63) is 63.2 Å². The van der Waals surface area contributed by atoms with Crippen molar-refractivity contribution in [2.24, 2.45) is 4.99 Å². The predicted octanol–water partition coefficient (Wildman–Crippen LogP) is 5.88. The molecule has 2 aromatic carbocycles. The van der Waals surface area contributed by atoms with Crippen LogP contribution in [0.1, 0.15) is 5.56 Å².